The third kappa shape index (κ3) is 8.74. The van der Waals surface area contributed by atoms with Gasteiger partial charge in [-0.15, -0.1) is 0 Å². The number of hydrogen-bond acceptors (Lipinski definition) is 7. The first-order valence-electron chi connectivity index (χ1n) is 14.1. The number of carbonyl (C=O) groups is 6. The minimum Gasteiger partial charge on any atom is -0.343 e. The van der Waals surface area contributed by atoms with E-state index in [-0.39, 0.29) is 24.0 Å². The zero-order chi connectivity index (χ0) is 29.1. The molecule has 5 atom stereocenters. The molecule has 0 radical (unpaired) electrons. The van der Waals surface area contributed by atoms with Crippen LogP contribution >= 0.6 is 0 Å². The SMILES string of the molecule is CCC(=O)CCCCC[C@@H]1NC(=O)[C@H]2CCCCN2C(=O)[C@H](C(C)CC)NC(=O)[C@@H](C(=O)N(C)OC)NC1=O. The molecular weight excluding hydrogens is 506 g/mol. The van der Waals surface area contributed by atoms with Gasteiger partial charge in [0.05, 0.1) is 7.11 Å². The van der Waals surface area contributed by atoms with Crippen molar-refractivity contribution in [2.75, 3.05) is 20.7 Å². The third-order valence-corrected chi connectivity index (χ3v) is 7.72. The number of nitrogens with one attached hydrogen (secondary N) is 3. The zero-order valence-corrected chi connectivity index (χ0v) is 23.9. The van der Waals surface area contributed by atoms with E-state index in [2.05, 4.69) is 16.0 Å². The molecule has 0 bridgehead atoms. The van der Waals surface area contributed by atoms with Crippen molar-refractivity contribution in [2.45, 2.75) is 109 Å². The number of nitrogens with zero attached hydrogens (tertiary/aromatic N) is 2. The van der Waals surface area contributed by atoms with Crippen LogP contribution in [0.15, 0.2) is 0 Å². The van der Waals surface area contributed by atoms with Gasteiger partial charge in [-0.25, -0.2) is 5.06 Å². The molecule has 39 heavy (non-hydrogen) atoms. The summed E-state index contributed by atoms with van der Waals surface area (Å²) in [6.45, 7) is 5.87. The Morgan fingerprint density at radius 3 is 2.36 bits per heavy atom. The summed E-state index contributed by atoms with van der Waals surface area (Å²) in [4.78, 5) is 85.1. The number of ketones is 1. The summed E-state index contributed by atoms with van der Waals surface area (Å²) >= 11 is 0. The fourth-order valence-electron chi connectivity index (χ4n) is 4.88. The van der Waals surface area contributed by atoms with Crippen LogP contribution in [0.1, 0.15) is 85.0 Å². The summed E-state index contributed by atoms with van der Waals surface area (Å²) in [5.74, 6) is -3.26. The molecule has 2 fully saturated rings. The Kier molecular flexibility index (Phi) is 12.8. The van der Waals surface area contributed by atoms with Gasteiger partial charge in [0, 0.05) is 26.4 Å². The molecule has 0 spiro atoms. The molecule has 12 nitrogen and oxygen atoms in total. The van der Waals surface area contributed by atoms with Crippen LogP contribution in [0.2, 0.25) is 0 Å². The van der Waals surface area contributed by atoms with E-state index < -0.39 is 47.8 Å². The second kappa shape index (κ2) is 15.5. The zero-order valence-electron chi connectivity index (χ0n) is 23.9. The van der Waals surface area contributed by atoms with E-state index in [1.54, 1.807) is 0 Å². The van der Waals surface area contributed by atoms with Crippen LogP contribution in [-0.2, 0) is 33.6 Å². The van der Waals surface area contributed by atoms with E-state index in [0.29, 0.717) is 51.5 Å². The molecule has 3 N–H and O–H groups in total. The van der Waals surface area contributed by atoms with Crippen molar-refractivity contribution >= 4 is 35.3 Å². The summed E-state index contributed by atoms with van der Waals surface area (Å²) in [7, 11) is 2.56. The number of Topliss-reactive ketones (excluding diaryl/α,β-unsaturated/α-hetero) is 1. The van der Waals surface area contributed by atoms with E-state index in [1.807, 2.05) is 20.8 Å². The lowest BCUT2D eigenvalue weighted by molar-refractivity contribution is -0.173. The summed E-state index contributed by atoms with van der Waals surface area (Å²) in [6.07, 6.45) is 5.55. The number of hydrogen-bond donors (Lipinski definition) is 3. The van der Waals surface area contributed by atoms with Gasteiger partial charge in [-0.2, -0.15) is 0 Å². The van der Waals surface area contributed by atoms with Crippen LogP contribution in [0, 0.1) is 5.92 Å². The van der Waals surface area contributed by atoms with E-state index in [0.717, 1.165) is 17.9 Å². The van der Waals surface area contributed by atoms with Crippen molar-refractivity contribution in [1.82, 2.24) is 25.9 Å². The van der Waals surface area contributed by atoms with Crippen LogP contribution in [-0.4, -0.2) is 90.2 Å². The Morgan fingerprint density at radius 1 is 1.00 bits per heavy atom. The fourth-order valence-corrected chi connectivity index (χ4v) is 4.88. The standard InChI is InChI=1S/C27H45N5O7/c1-6-17(3)21-27(38)32-16-12-11-15-20(32)24(35)28-19(14-10-8-9-13-18(33)7-2)23(34)30-22(25(36)29-21)26(37)31(4)39-5/h17,19-22H,6-16H2,1-5H3,(H,28,35)(H,29,36)(H,30,34)/t17?,19-,20+,21-,22-/m0/s1. The number of amides is 5. The summed E-state index contributed by atoms with van der Waals surface area (Å²) < 4.78 is 0. The first-order chi connectivity index (χ1) is 18.5. The van der Waals surface area contributed by atoms with Crippen LogP contribution in [0.4, 0.5) is 0 Å². The smallest absolute Gasteiger partial charge is 0.278 e. The molecule has 0 aromatic carbocycles. The predicted molar refractivity (Wildman–Crippen MR) is 143 cm³/mol. The molecule has 0 aromatic heterocycles. The number of hydroxylamine groups is 2. The highest BCUT2D eigenvalue weighted by Gasteiger charge is 2.42. The maximum absolute atomic E-state index is 13.7. The quantitative estimate of drug-likeness (QED) is 0.195. The predicted octanol–water partition coefficient (Wildman–Crippen LogP) is 0.831. The maximum atomic E-state index is 13.7. The Labute approximate surface area is 230 Å². The van der Waals surface area contributed by atoms with Gasteiger partial charge in [0.1, 0.15) is 23.9 Å². The molecule has 1 unspecified atom stereocenters. The van der Waals surface area contributed by atoms with Crippen LogP contribution in [0.3, 0.4) is 0 Å². The summed E-state index contributed by atoms with van der Waals surface area (Å²) in [5, 5.41) is 8.80. The van der Waals surface area contributed by atoms with Crippen molar-refractivity contribution < 1.29 is 33.6 Å². The lowest BCUT2D eigenvalue weighted by Crippen LogP contribution is -2.65. The van der Waals surface area contributed by atoms with Gasteiger partial charge in [0.25, 0.3) is 11.8 Å². The first kappa shape index (κ1) is 32.2. The fraction of sp³-hybridized carbons (Fsp3) is 0.778. The van der Waals surface area contributed by atoms with Crippen molar-refractivity contribution in [1.29, 1.82) is 0 Å². The Balaban J connectivity index is 2.39. The highest BCUT2D eigenvalue weighted by Crippen LogP contribution is 2.22. The van der Waals surface area contributed by atoms with E-state index in [4.69, 9.17) is 4.84 Å². The third-order valence-electron chi connectivity index (χ3n) is 7.72. The van der Waals surface area contributed by atoms with Crippen molar-refractivity contribution in [3.05, 3.63) is 0 Å². The molecule has 2 aliphatic rings. The summed E-state index contributed by atoms with van der Waals surface area (Å²) in [5.41, 5.74) is 0. The summed E-state index contributed by atoms with van der Waals surface area (Å²) in [6, 6.07) is -4.43. The second-order valence-electron chi connectivity index (χ2n) is 10.4. The van der Waals surface area contributed by atoms with Crippen LogP contribution in [0.5, 0.6) is 0 Å². The van der Waals surface area contributed by atoms with Crippen molar-refractivity contribution in [3.8, 4) is 0 Å². The number of rotatable bonds is 11. The molecule has 220 valence electrons. The van der Waals surface area contributed by atoms with Crippen LogP contribution in [0.25, 0.3) is 0 Å². The van der Waals surface area contributed by atoms with Gasteiger partial charge >= 0.3 is 0 Å². The lowest BCUT2D eigenvalue weighted by atomic mass is 9.93. The number of piperidine rings is 1. The highest BCUT2D eigenvalue weighted by atomic mass is 16.7. The minimum atomic E-state index is -1.67. The first-order valence-corrected chi connectivity index (χ1v) is 14.1. The molecular formula is C27H45N5O7. The van der Waals surface area contributed by atoms with Crippen molar-refractivity contribution in [3.63, 3.8) is 0 Å². The van der Waals surface area contributed by atoms with E-state index in [1.165, 1.54) is 19.1 Å². The molecule has 2 saturated heterocycles. The van der Waals surface area contributed by atoms with Gasteiger partial charge in [-0.3, -0.25) is 33.6 Å². The van der Waals surface area contributed by atoms with Gasteiger partial charge in [0.2, 0.25) is 17.7 Å². The Bertz CT molecular complexity index is 911. The molecule has 2 rings (SSSR count). The molecule has 5 amide bonds. The van der Waals surface area contributed by atoms with Gasteiger partial charge in [0.15, 0.2) is 6.04 Å². The van der Waals surface area contributed by atoms with Crippen LogP contribution < -0.4 is 16.0 Å². The lowest BCUT2D eigenvalue weighted by Gasteiger charge is -2.39. The minimum absolute atomic E-state index is 0.166. The van der Waals surface area contributed by atoms with Crippen molar-refractivity contribution in [2.24, 2.45) is 5.92 Å². The number of fused-ring (bicyclic) bond motifs is 1. The second-order valence-corrected chi connectivity index (χ2v) is 10.4. The molecule has 12 heteroatoms. The number of likely N-dealkylation sites (N-methyl/N-ethyl adjacent to an activating group) is 1. The normalized spacial score (nSPS) is 25.3. The monoisotopic (exact) mass is 551 g/mol. The van der Waals surface area contributed by atoms with Gasteiger partial charge in [-0.1, -0.05) is 40.0 Å². The Morgan fingerprint density at radius 2 is 1.72 bits per heavy atom. The molecule has 0 aromatic rings. The van der Waals surface area contributed by atoms with E-state index in [9.17, 15) is 28.8 Å². The maximum Gasteiger partial charge on any atom is 0.278 e. The number of unbranched alkanes of at least 4 members (excludes halogenated alkanes) is 2. The highest BCUT2D eigenvalue weighted by molar-refractivity contribution is 6.08. The average Bonchev–Trinajstić information content (AvgIpc) is 2.95. The van der Waals surface area contributed by atoms with Gasteiger partial charge in [-0.05, 0) is 38.0 Å². The molecule has 2 heterocycles. The Hall–Kier alpha value is -3.02. The van der Waals surface area contributed by atoms with Gasteiger partial charge < -0.3 is 20.9 Å². The molecule has 2 aliphatic heterocycles. The number of carbonyl (C=O) groups excluding carboxylic acids is 6. The molecule has 0 aliphatic carbocycles. The largest absolute Gasteiger partial charge is 0.343 e. The topological polar surface area (TPSA) is 154 Å². The molecule has 0 saturated carbocycles. The average molecular weight is 552 g/mol. The van der Waals surface area contributed by atoms with E-state index >= 15 is 0 Å².